The molecule has 2 N–H and O–H groups in total. The van der Waals surface area contributed by atoms with E-state index in [1.807, 2.05) is 18.7 Å². The van der Waals surface area contributed by atoms with Gasteiger partial charge in [0.2, 0.25) is 0 Å². The number of hydrogen-bond donors (Lipinski definition) is 1. The van der Waals surface area contributed by atoms with E-state index in [-0.39, 0.29) is 18.3 Å². The lowest BCUT2D eigenvalue weighted by Crippen LogP contribution is -2.39. The highest BCUT2D eigenvalue weighted by Crippen LogP contribution is 2.26. The Hall–Kier alpha value is -1.26. The summed E-state index contributed by atoms with van der Waals surface area (Å²) in [6, 6.07) is 6.23. The highest BCUT2D eigenvalue weighted by Gasteiger charge is 2.29. The van der Waals surface area contributed by atoms with Gasteiger partial charge in [-0.05, 0) is 55.8 Å². The molecule has 130 valence electrons. The second-order valence-corrected chi connectivity index (χ2v) is 6.61. The highest BCUT2D eigenvalue weighted by atomic mass is 35.5. The molecule has 2 rings (SSSR count). The van der Waals surface area contributed by atoms with Gasteiger partial charge in [-0.15, -0.1) is 12.4 Å². The van der Waals surface area contributed by atoms with Crippen molar-refractivity contribution in [3.05, 3.63) is 29.3 Å². The molecule has 0 aromatic heterocycles. The van der Waals surface area contributed by atoms with Crippen molar-refractivity contribution in [1.29, 1.82) is 0 Å². The van der Waals surface area contributed by atoms with E-state index < -0.39 is 6.10 Å². The molecule has 1 amide bonds. The molecule has 1 saturated heterocycles. The van der Waals surface area contributed by atoms with Gasteiger partial charge < -0.3 is 15.4 Å². The first-order chi connectivity index (χ1) is 10.4. The van der Waals surface area contributed by atoms with Crippen LogP contribution in [0.4, 0.5) is 0 Å². The van der Waals surface area contributed by atoms with Crippen molar-refractivity contribution in [2.45, 2.75) is 46.1 Å². The number of amides is 1. The zero-order valence-corrected chi connectivity index (χ0v) is 15.4. The highest BCUT2D eigenvalue weighted by molar-refractivity contribution is 5.85. The lowest BCUT2D eigenvalue weighted by Gasteiger charge is -2.23. The number of carbonyl (C=O) groups excluding carboxylic acids is 1. The van der Waals surface area contributed by atoms with Gasteiger partial charge in [0, 0.05) is 13.1 Å². The zero-order chi connectivity index (χ0) is 16.3. The number of aryl methyl sites for hydroxylation is 1. The minimum absolute atomic E-state index is 0. The van der Waals surface area contributed by atoms with Crippen LogP contribution in [-0.4, -0.2) is 36.5 Å². The Bertz CT molecular complexity index is 534. The third-order valence-corrected chi connectivity index (χ3v) is 4.46. The Morgan fingerprint density at radius 3 is 2.65 bits per heavy atom. The zero-order valence-electron chi connectivity index (χ0n) is 14.5. The van der Waals surface area contributed by atoms with Crippen molar-refractivity contribution < 1.29 is 9.53 Å². The molecule has 5 heteroatoms. The fourth-order valence-electron chi connectivity index (χ4n) is 2.83. The molecule has 0 radical (unpaired) electrons. The average molecular weight is 341 g/mol. The molecule has 1 aromatic carbocycles. The summed E-state index contributed by atoms with van der Waals surface area (Å²) in [6.07, 6.45) is 0.536. The number of nitrogens with zero attached hydrogens (tertiary/aromatic N) is 1. The molecule has 2 atom stereocenters. The fourth-order valence-corrected chi connectivity index (χ4v) is 2.83. The van der Waals surface area contributed by atoms with Gasteiger partial charge in [-0.25, -0.2) is 0 Å². The maximum absolute atomic E-state index is 12.5. The van der Waals surface area contributed by atoms with Gasteiger partial charge in [0.15, 0.2) is 6.10 Å². The lowest BCUT2D eigenvalue weighted by atomic mass is 10.0. The van der Waals surface area contributed by atoms with Crippen molar-refractivity contribution in [2.75, 3.05) is 19.6 Å². The van der Waals surface area contributed by atoms with E-state index in [1.54, 1.807) is 0 Å². The van der Waals surface area contributed by atoms with E-state index in [0.29, 0.717) is 18.4 Å². The average Bonchev–Trinajstić information content (AvgIpc) is 2.97. The third kappa shape index (κ3) is 4.85. The van der Waals surface area contributed by atoms with Crippen LogP contribution in [0, 0.1) is 12.8 Å². The van der Waals surface area contributed by atoms with Crippen LogP contribution in [0.1, 0.15) is 44.2 Å². The van der Waals surface area contributed by atoms with Gasteiger partial charge >= 0.3 is 0 Å². The first-order valence-electron chi connectivity index (χ1n) is 8.18. The fraction of sp³-hybridized carbons (Fsp3) is 0.611. The van der Waals surface area contributed by atoms with Gasteiger partial charge in [0.1, 0.15) is 5.75 Å². The predicted molar refractivity (Wildman–Crippen MR) is 96.3 cm³/mol. The Balaban J connectivity index is 0.00000264. The molecule has 2 unspecified atom stereocenters. The van der Waals surface area contributed by atoms with Crippen LogP contribution < -0.4 is 10.5 Å². The van der Waals surface area contributed by atoms with E-state index >= 15 is 0 Å². The van der Waals surface area contributed by atoms with E-state index in [0.717, 1.165) is 30.8 Å². The molecule has 1 fully saturated rings. The predicted octanol–water partition coefficient (Wildman–Crippen LogP) is 3.11. The van der Waals surface area contributed by atoms with Crippen molar-refractivity contribution in [2.24, 2.45) is 11.7 Å². The van der Waals surface area contributed by atoms with E-state index in [2.05, 4.69) is 32.0 Å². The summed E-state index contributed by atoms with van der Waals surface area (Å²) >= 11 is 0. The summed E-state index contributed by atoms with van der Waals surface area (Å²) < 4.78 is 5.96. The standard InChI is InChI=1S/C18H28N2O2.ClH/c1-12(2)16-6-5-13(3)17(9-16)22-14(4)18(21)20-8-7-15(10-19)11-20;/h5-6,9,12,14-15H,7-8,10-11,19H2,1-4H3;1H. The number of hydrogen-bond acceptors (Lipinski definition) is 3. The van der Waals surface area contributed by atoms with E-state index in [9.17, 15) is 4.79 Å². The molecular formula is C18H29ClN2O2. The minimum Gasteiger partial charge on any atom is -0.481 e. The molecule has 4 nitrogen and oxygen atoms in total. The van der Waals surface area contributed by atoms with Crippen molar-refractivity contribution in [3.63, 3.8) is 0 Å². The van der Waals surface area contributed by atoms with Crippen LogP contribution in [0.3, 0.4) is 0 Å². The smallest absolute Gasteiger partial charge is 0.263 e. The second-order valence-electron chi connectivity index (χ2n) is 6.61. The molecule has 0 aliphatic carbocycles. The van der Waals surface area contributed by atoms with Crippen LogP contribution in [0.15, 0.2) is 18.2 Å². The van der Waals surface area contributed by atoms with Crippen LogP contribution in [-0.2, 0) is 4.79 Å². The van der Waals surface area contributed by atoms with Crippen molar-refractivity contribution >= 4 is 18.3 Å². The largest absolute Gasteiger partial charge is 0.481 e. The van der Waals surface area contributed by atoms with E-state index in [4.69, 9.17) is 10.5 Å². The Kier molecular flexibility index (Phi) is 7.36. The van der Waals surface area contributed by atoms with Gasteiger partial charge in [-0.2, -0.15) is 0 Å². The molecule has 0 saturated carbocycles. The number of benzene rings is 1. The molecule has 1 aliphatic rings. The van der Waals surface area contributed by atoms with Gasteiger partial charge in [0.25, 0.3) is 5.91 Å². The first kappa shape index (κ1) is 19.8. The van der Waals surface area contributed by atoms with Gasteiger partial charge in [0.05, 0.1) is 0 Å². The molecule has 1 aliphatic heterocycles. The lowest BCUT2D eigenvalue weighted by molar-refractivity contribution is -0.137. The number of rotatable bonds is 5. The maximum Gasteiger partial charge on any atom is 0.263 e. The summed E-state index contributed by atoms with van der Waals surface area (Å²) in [5.74, 6) is 1.74. The molecule has 0 spiro atoms. The third-order valence-electron chi connectivity index (χ3n) is 4.46. The topological polar surface area (TPSA) is 55.6 Å². The number of carbonyl (C=O) groups is 1. The molecule has 0 bridgehead atoms. The molecular weight excluding hydrogens is 312 g/mol. The minimum atomic E-state index is -0.461. The summed E-state index contributed by atoms with van der Waals surface area (Å²) in [4.78, 5) is 14.4. The molecule has 1 aromatic rings. The molecule has 1 heterocycles. The first-order valence-corrected chi connectivity index (χ1v) is 8.18. The number of nitrogens with two attached hydrogens (primary N) is 1. The summed E-state index contributed by atoms with van der Waals surface area (Å²) in [6.45, 7) is 10.3. The maximum atomic E-state index is 12.5. The van der Waals surface area contributed by atoms with Crippen molar-refractivity contribution in [1.82, 2.24) is 4.90 Å². The van der Waals surface area contributed by atoms with Crippen LogP contribution in [0.25, 0.3) is 0 Å². The van der Waals surface area contributed by atoms with Gasteiger partial charge in [-0.3, -0.25) is 4.79 Å². The van der Waals surface area contributed by atoms with E-state index in [1.165, 1.54) is 5.56 Å². The number of ether oxygens (including phenoxy) is 1. The van der Waals surface area contributed by atoms with Crippen LogP contribution >= 0.6 is 12.4 Å². The summed E-state index contributed by atoms with van der Waals surface area (Å²) in [5.41, 5.74) is 7.98. The Morgan fingerprint density at radius 1 is 1.39 bits per heavy atom. The monoisotopic (exact) mass is 340 g/mol. The Labute approximate surface area is 145 Å². The Morgan fingerprint density at radius 2 is 2.09 bits per heavy atom. The molecule has 23 heavy (non-hydrogen) atoms. The second kappa shape index (κ2) is 8.55. The van der Waals surface area contributed by atoms with Crippen molar-refractivity contribution in [3.8, 4) is 5.75 Å². The number of likely N-dealkylation sites (tertiary alicyclic amines) is 1. The summed E-state index contributed by atoms with van der Waals surface area (Å²) in [5, 5.41) is 0. The van der Waals surface area contributed by atoms with Crippen LogP contribution in [0.2, 0.25) is 0 Å². The summed E-state index contributed by atoms with van der Waals surface area (Å²) in [7, 11) is 0. The van der Waals surface area contributed by atoms with Gasteiger partial charge in [-0.1, -0.05) is 26.0 Å². The number of halogens is 1. The SMILES string of the molecule is Cc1ccc(C(C)C)cc1OC(C)C(=O)N1CCC(CN)C1.Cl. The normalized spacial score (nSPS) is 18.7. The quantitative estimate of drug-likeness (QED) is 0.896. The van der Waals surface area contributed by atoms with Crippen LogP contribution in [0.5, 0.6) is 5.75 Å².